The molecule has 6 nitrogen and oxygen atoms in total. The van der Waals surface area contributed by atoms with E-state index in [4.69, 9.17) is 9.47 Å². The van der Waals surface area contributed by atoms with Crippen LogP contribution < -0.4 is 19.9 Å². The predicted molar refractivity (Wildman–Crippen MR) is 82.2 cm³/mol. The van der Waals surface area contributed by atoms with Gasteiger partial charge in [0.1, 0.15) is 18.1 Å². The van der Waals surface area contributed by atoms with Crippen LogP contribution in [-0.4, -0.2) is 25.1 Å². The van der Waals surface area contributed by atoms with E-state index < -0.39 is 12.6 Å². The van der Waals surface area contributed by atoms with Gasteiger partial charge in [0.15, 0.2) is 6.61 Å². The summed E-state index contributed by atoms with van der Waals surface area (Å²) in [4.78, 5) is 22.3. The summed E-state index contributed by atoms with van der Waals surface area (Å²) in [6, 6.07) is 13.8. The number of amides is 1. The molecule has 0 saturated carbocycles. The van der Waals surface area contributed by atoms with Crippen molar-refractivity contribution in [3.8, 4) is 11.5 Å². The maximum absolute atomic E-state index is 11.9. The molecule has 120 valence electrons. The molecule has 0 radical (unpaired) electrons. The van der Waals surface area contributed by atoms with E-state index in [1.165, 1.54) is 6.07 Å². The largest absolute Gasteiger partial charge is 0.546 e. The highest BCUT2D eigenvalue weighted by Gasteiger charge is 2.06. The highest BCUT2D eigenvalue weighted by molar-refractivity contribution is 5.92. The first-order valence-electron chi connectivity index (χ1n) is 6.95. The molecule has 2 aromatic carbocycles. The average molecular weight is 314 g/mol. The number of para-hydroxylation sites is 1. The van der Waals surface area contributed by atoms with Gasteiger partial charge in [-0.3, -0.25) is 4.79 Å². The average Bonchev–Trinajstić information content (AvgIpc) is 2.52. The van der Waals surface area contributed by atoms with E-state index in [0.29, 0.717) is 17.2 Å². The normalized spacial score (nSPS) is 9.96. The number of ether oxygens (including phenoxy) is 2. The van der Waals surface area contributed by atoms with Gasteiger partial charge < -0.3 is 24.7 Å². The fourth-order valence-corrected chi connectivity index (χ4v) is 1.86. The summed E-state index contributed by atoms with van der Waals surface area (Å²) in [5, 5.41) is 13.0. The Labute approximate surface area is 133 Å². The van der Waals surface area contributed by atoms with Crippen LogP contribution in [0.4, 0.5) is 5.69 Å². The fourth-order valence-electron chi connectivity index (χ4n) is 1.86. The van der Waals surface area contributed by atoms with Crippen LogP contribution in [0, 0.1) is 6.92 Å². The Morgan fingerprint density at radius 1 is 1.04 bits per heavy atom. The van der Waals surface area contributed by atoms with Crippen LogP contribution in [0.15, 0.2) is 48.5 Å². The van der Waals surface area contributed by atoms with Crippen molar-refractivity contribution in [1.82, 2.24) is 0 Å². The Kier molecular flexibility index (Phi) is 5.57. The van der Waals surface area contributed by atoms with E-state index in [9.17, 15) is 14.7 Å². The van der Waals surface area contributed by atoms with Gasteiger partial charge in [-0.1, -0.05) is 24.3 Å². The van der Waals surface area contributed by atoms with Crippen molar-refractivity contribution in [3.05, 3.63) is 54.1 Å². The van der Waals surface area contributed by atoms with E-state index in [1.807, 2.05) is 25.1 Å². The maximum Gasteiger partial charge on any atom is 0.262 e. The van der Waals surface area contributed by atoms with Crippen LogP contribution in [0.3, 0.4) is 0 Å². The van der Waals surface area contributed by atoms with Crippen LogP contribution in [0.25, 0.3) is 0 Å². The van der Waals surface area contributed by atoms with Crippen molar-refractivity contribution in [1.29, 1.82) is 0 Å². The zero-order valence-corrected chi connectivity index (χ0v) is 12.6. The molecule has 2 aromatic rings. The van der Waals surface area contributed by atoms with Crippen molar-refractivity contribution in [3.63, 3.8) is 0 Å². The molecule has 0 aliphatic heterocycles. The van der Waals surface area contributed by atoms with Gasteiger partial charge in [-0.05, 0) is 30.7 Å². The number of carboxylic acids is 1. The van der Waals surface area contributed by atoms with Crippen LogP contribution in [-0.2, 0) is 9.59 Å². The Morgan fingerprint density at radius 2 is 1.83 bits per heavy atom. The van der Waals surface area contributed by atoms with Crippen LogP contribution >= 0.6 is 0 Å². The third-order valence-electron chi connectivity index (χ3n) is 2.93. The number of hydrogen-bond donors (Lipinski definition) is 1. The quantitative estimate of drug-likeness (QED) is 0.828. The first-order chi connectivity index (χ1) is 11.0. The molecule has 0 unspecified atom stereocenters. The zero-order valence-electron chi connectivity index (χ0n) is 12.6. The van der Waals surface area contributed by atoms with Gasteiger partial charge in [0.2, 0.25) is 0 Å². The summed E-state index contributed by atoms with van der Waals surface area (Å²) in [5.74, 6) is -0.670. The van der Waals surface area contributed by atoms with Gasteiger partial charge >= 0.3 is 0 Å². The second-order valence-electron chi connectivity index (χ2n) is 4.79. The molecule has 1 N–H and O–H groups in total. The molecule has 0 aliphatic carbocycles. The Balaban J connectivity index is 1.89. The summed E-state index contributed by atoms with van der Waals surface area (Å²) in [6.07, 6.45) is 0. The molecule has 2 rings (SSSR count). The van der Waals surface area contributed by atoms with Crippen molar-refractivity contribution in [2.24, 2.45) is 0 Å². The lowest BCUT2D eigenvalue weighted by molar-refractivity contribution is -0.307. The molecule has 0 aliphatic rings. The molecule has 0 heterocycles. The number of carboxylic acid groups (broad SMARTS) is 1. The second kappa shape index (κ2) is 7.84. The minimum atomic E-state index is -1.31. The first-order valence-corrected chi connectivity index (χ1v) is 6.95. The number of nitrogens with one attached hydrogen (secondary N) is 1. The maximum atomic E-state index is 11.9. The fraction of sp³-hybridized carbons (Fsp3) is 0.176. The van der Waals surface area contributed by atoms with E-state index in [1.54, 1.807) is 24.3 Å². The number of carbonyl (C=O) groups is 2. The van der Waals surface area contributed by atoms with E-state index >= 15 is 0 Å². The summed E-state index contributed by atoms with van der Waals surface area (Å²) in [7, 11) is 0. The third-order valence-corrected chi connectivity index (χ3v) is 2.93. The minimum absolute atomic E-state index is 0.130. The molecule has 0 atom stereocenters. The molecule has 23 heavy (non-hydrogen) atoms. The molecule has 0 saturated heterocycles. The van der Waals surface area contributed by atoms with Gasteiger partial charge in [-0.15, -0.1) is 0 Å². The molecule has 0 bridgehead atoms. The van der Waals surface area contributed by atoms with Crippen molar-refractivity contribution >= 4 is 17.6 Å². The minimum Gasteiger partial charge on any atom is -0.546 e. The Bertz CT molecular complexity index is 699. The van der Waals surface area contributed by atoms with E-state index in [0.717, 1.165) is 5.56 Å². The van der Waals surface area contributed by atoms with E-state index in [-0.39, 0.29) is 12.5 Å². The number of rotatable bonds is 7. The Morgan fingerprint density at radius 3 is 2.57 bits per heavy atom. The molecular weight excluding hydrogens is 298 g/mol. The van der Waals surface area contributed by atoms with Crippen LogP contribution in [0.1, 0.15) is 5.56 Å². The molecule has 6 heteroatoms. The van der Waals surface area contributed by atoms with Gasteiger partial charge in [0, 0.05) is 11.8 Å². The van der Waals surface area contributed by atoms with Gasteiger partial charge in [0.25, 0.3) is 5.91 Å². The topological polar surface area (TPSA) is 87.7 Å². The van der Waals surface area contributed by atoms with E-state index in [2.05, 4.69) is 5.32 Å². The summed E-state index contributed by atoms with van der Waals surface area (Å²) >= 11 is 0. The second-order valence-corrected chi connectivity index (χ2v) is 4.79. The number of aryl methyl sites for hydroxylation is 1. The van der Waals surface area contributed by atoms with Crippen molar-refractivity contribution in [2.45, 2.75) is 6.92 Å². The Hall–Kier alpha value is -3.02. The summed E-state index contributed by atoms with van der Waals surface area (Å²) in [5.41, 5.74) is 1.43. The predicted octanol–water partition coefficient (Wildman–Crippen LogP) is 1.14. The lowest BCUT2D eigenvalue weighted by Gasteiger charge is -2.11. The number of hydrogen-bond acceptors (Lipinski definition) is 5. The van der Waals surface area contributed by atoms with Gasteiger partial charge in [-0.25, -0.2) is 0 Å². The molecular formula is C17H16NO5-. The van der Waals surface area contributed by atoms with Gasteiger partial charge in [-0.2, -0.15) is 0 Å². The SMILES string of the molecule is Cc1ccccc1OCC(=O)Nc1cccc(OCC(=O)[O-])c1. The van der Waals surface area contributed by atoms with Crippen LogP contribution in [0.2, 0.25) is 0 Å². The summed E-state index contributed by atoms with van der Waals surface area (Å²) in [6.45, 7) is 1.22. The number of anilines is 1. The lowest BCUT2D eigenvalue weighted by atomic mass is 10.2. The van der Waals surface area contributed by atoms with Crippen LogP contribution in [0.5, 0.6) is 11.5 Å². The number of aliphatic carboxylic acids is 1. The summed E-state index contributed by atoms with van der Waals surface area (Å²) < 4.78 is 10.4. The van der Waals surface area contributed by atoms with Crippen molar-refractivity contribution < 1.29 is 24.2 Å². The monoisotopic (exact) mass is 314 g/mol. The third kappa shape index (κ3) is 5.35. The molecule has 1 amide bonds. The van der Waals surface area contributed by atoms with Gasteiger partial charge in [0.05, 0.1) is 5.97 Å². The highest BCUT2D eigenvalue weighted by atomic mass is 16.5. The smallest absolute Gasteiger partial charge is 0.262 e. The molecule has 0 spiro atoms. The highest BCUT2D eigenvalue weighted by Crippen LogP contribution is 2.18. The standard InChI is InChI=1S/C17H17NO5/c1-12-5-2-3-8-15(12)23-10-16(19)18-13-6-4-7-14(9-13)22-11-17(20)21/h2-9H,10-11H2,1H3,(H,18,19)(H,20,21)/p-1. The molecule has 0 aromatic heterocycles. The number of benzene rings is 2. The molecule has 0 fully saturated rings. The lowest BCUT2D eigenvalue weighted by Crippen LogP contribution is -2.28. The zero-order chi connectivity index (χ0) is 16.7. The number of carbonyl (C=O) groups excluding carboxylic acids is 2. The van der Waals surface area contributed by atoms with Crippen molar-refractivity contribution in [2.75, 3.05) is 18.5 Å². The first kappa shape index (κ1) is 16.4.